The number of halogens is 2. The van der Waals surface area contributed by atoms with Crippen LogP contribution < -0.4 is 0 Å². The van der Waals surface area contributed by atoms with Crippen LogP contribution in [0.15, 0.2) is 18.2 Å². The molecule has 0 aliphatic carbocycles. The normalized spacial score (nSPS) is 9.85. The van der Waals surface area contributed by atoms with Crippen molar-refractivity contribution in [3.63, 3.8) is 0 Å². The van der Waals surface area contributed by atoms with Crippen LogP contribution in [0.2, 0.25) is 0 Å². The van der Waals surface area contributed by atoms with E-state index in [4.69, 9.17) is 0 Å². The van der Waals surface area contributed by atoms with Crippen LogP contribution in [-0.2, 0) is 0 Å². The zero-order valence-electron chi connectivity index (χ0n) is 7.34. The minimum Gasteiger partial charge on any atom is -0.345 e. The molecule has 1 rings (SSSR count). The van der Waals surface area contributed by atoms with Crippen molar-refractivity contribution in [2.45, 2.75) is 0 Å². The van der Waals surface area contributed by atoms with Crippen LogP contribution in [0, 0.1) is 9.39 Å². The van der Waals surface area contributed by atoms with Crippen LogP contribution in [0.1, 0.15) is 10.4 Å². The average Bonchev–Trinajstić information content (AvgIpc) is 2.08. The van der Waals surface area contributed by atoms with Gasteiger partial charge < -0.3 is 4.90 Å². The minimum absolute atomic E-state index is 0.177. The first-order valence-corrected chi connectivity index (χ1v) is 4.77. The first kappa shape index (κ1) is 10.4. The van der Waals surface area contributed by atoms with Gasteiger partial charge in [-0.25, -0.2) is 4.39 Å². The standard InChI is InChI=1S/C9H9FINO/c1-12(2)9(13)6-4-3-5-7(10)8(6)11/h3-5H,1-2H3. The Morgan fingerprint density at radius 3 is 2.62 bits per heavy atom. The largest absolute Gasteiger partial charge is 0.345 e. The molecule has 0 aliphatic heterocycles. The number of hydrogen-bond acceptors (Lipinski definition) is 1. The molecule has 0 bridgehead atoms. The predicted molar refractivity (Wildman–Crippen MR) is 57.1 cm³/mol. The molecular formula is C9H9FINO. The third kappa shape index (κ3) is 2.18. The van der Waals surface area contributed by atoms with E-state index >= 15 is 0 Å². The fraction of sp³-hybridized carbons (Fsp3) is 0.222. The number of amides is 1. The lowest BCUT2D eigenvalue weighted by molar-refractivity contribution is 0.0826. The zero-order chi connectivity index (χ0) is 10.0. The van der Waals surface area contributed by atoms with Gasteiger partial charge >= 0.3 is 0 Å². The molecule has 1 aromatic rings. The summed E-state index contributed by atoms with van der Waals surface area (Å²) in [6.07, 6.45) is 0. The highest BCUT2D eigenvalue weighted by Crippen LogP contribution is 2.16. The van der Waals surface area contributed by atoms with Gasteiger partial charge in [0.05, 0.1) is 9.13 Å². The van der Waals surface area contributed by atoms with Gasteiger partial charge in [-0.1, -0.05) is 6.07 Å². The van der Waals surface area contributed by atoms with Crippen molar-refractivity contribution < 1.29 is 9.18 Å². The summed E-state index contributed by atoms with van der Waals surface area (Å²) in [6.45, 7) is 0. The molecule has 0 aromatic heterocycles. The molecule has 0 fully saturated rings. The zero-order valence-corrected chi connectivity index (χ0v) is 9.50. The van der Waals surface area contributed by atoms with Crippen LogP contribution in [0.5, 0.6) is 0 Å². The summed E-state index contributed by atoms with van der Waals surface area (Å²) in [4.78, 5) is 12.9. The van der Waals surface area contributed by atoms with Gasteiger partial charge in [-0.15, -0.1) is 0 Å². The van der Waals surface area contributed by atoms with E-state index in [0.29, 0.717) is 9.13 Å². The number of carbonyl (C=O) groups excluding carboxylic acids is 1. The van der Waals surface area contributed by atoms with Crippen LogP contribution in [-0.4, -0.2) is 24.9 Å². The molecule has 0 atom stereocenters. The monoisotopic (exact) mass is 293 g/mol. The van der Waals surface area contributed by atoms with Gasteiger partial charge in [-0.2, -0.15) is 0 Å². The van der Waals surface area contributed by atoms with E-state index in [1.54, 1.807) is 20.2 Å². The van der Waals surface area contributed by atoms with Gasteiger partial charge in [0.15, 0.2) is 0 Å². The minimum atomic E-state index is -0.353. The van der Waals surface area contributed by atoms with E-state index in [1.165, 1.54) is 17.0 Å². The fourth-order valence-corrected chi connectivity index (χ4v) is 1.50. The Balaban J connectivity index is 3.15. The van der Waals surface area contributed by atoms with Gasteiger partial charge in [-0.3, -0.25) is 4.79 Å². The van der Waals surface area contributed by atoms with Crippen LogP contribution >= 0.6 is 22.6 Å². The van der Waals surface area contributed by atoms with Crippen molar-refractivity contribution in [1.82, 2.24) is 4.90 Å². The first-order valence-electron chi connectivity index (χ1n) is 3.69. The van der Waals surface area contributed by atoms with Crippen molar-refractivity contribution >= 4 is 28.5 Å². The Bertz CT molecular complexity index is 338. The van der Waals surface area contributed by atoms with Gasteiger partial charge in [0.2, 0.25) is 0 Å². The van der Waals surface area contributed by atoms with Crippen molar-refractivity contribution in [3.05, 3.63) is 33.1 Å². The third-order valence-corrected chi connectivity index (χ3v) is 2.68. The Labute approximate surface area is 89.9 Å². The molecule has 0 radical (unpaired) electrons. The quantitative estimate of drug-likeness (QED) is 0.726. The molecule has 1 amide bonds. The maximum absolute atomic E-state index is 13.0. The maximum atomic E-state index is 13.0. The highest BCUT2D eigenvalue weighted by Gasteiger charge is 2.13. The second-order valence-corrected chi connectivity index (χ2v) is 3.88. The summed E-state index contributed by atoms with van der Waals surface area (Å²) in [7, 11) is 3.28. The molecule has 0 spiro atoms. The average molecular weight is 293 g/mol. The van der Waals surface area contributed by atoms with E-state index in [2.05, 4.69) is 0 Å². The molecular weight excluding hydrogens is 284 g/mol. The molecule has 0 saturated carbocycles. The van der Waals surface area contributed by atoms with Gasteiger partial charge in [0, 0.05) is 14.1 Å². The summed E-state index contributed by atoms with van der Waals surface area (Å²) >= 11 is 1.83. The Morgan fingerprint density at radius 1 is 1.46 bits per heavy atom. The second kappa shape index (κ2) is 4.04. The molecule has 4 heteroatoms. The molecule has 2 nitrogen and oxygen atoms in total. The van der Waals surface area contributed by atoms with Gasteiger partial charge in [0.1, 0.15) is 5.82 Å². The van der Waals surface area contributed by atoms with E-state index in [1.807, 2.05) is 22.6 Å². The topological polar surface area (TPSA) is 20.3 Å². The highest BCUT2D eigenvalue weighted by atomic mass is 127. The number of carbonyl (C=O) groups is 1. The molecule has 0 unspecified atom stereocenters. The van der Waals surface area contributed by atoms with Gasteiger partial charge in [-0.05, 0) is 34.7 Å². The molecule has 0 saturated heterocycles. The van der Waals surface area contributed by atoms with E-state index < -0.39 is 0 Å². The lowest BCUT2D eigenvalue weighted by Gasteiger charge is -2.11. The maximum Gasteiger partial charge on any atom is 0.254 e. The molecule has 1 aromatic carbocycles. The number of benzene rings is 1. The molecule has 13 heavy (non-hydrogen) atoms. The van der Waals surface area contributed by atoms with Crippen molar-refractivity contribution in [2.24, 2.45) is 0 Å². The Morgan fingerprint density at radius 2 is 2.08 bits per heavy atom. The lowest BCUT2D eigenvalue weighted by Crippen LogP contribution is -2.22. The van der Waals surface area contributed by atoms with Crippen LogP contribution in [0.3, 0.4) is 0 Å². The van der Waals surface area contributed by atoms with E-state index in [-0.39, 0.29) is 11.7 Å². The summed E-state index contributed by atoms with van der Waals surface area (Å²) in [5, 5.41) is 0. The SMILES string of the molecule is CN(C)C(=O)c1cccc(F)c1I. The summed E-state index contributed by atoms with van der Waals surface area (Å²) in [6, 6.07) is 4.50. The van der Waals surface area contributed by atoms with E-state index in [9.17, 15) is 9.18 Å². The van der Waals surface area contributed by atoms with Crippen LogP contribution in [0.25, 0.3) is 0 Å². The van der Waals surface area contributed by atoms with E-state index in [0.717, 1.165) is 0 Å². The highest BCUT2D eigenvalue weighted by molar-refractivity contribution is 14.1. The smallest absolute Gasteiger partial charge is 0.254 e. The van der Waals surface area contributed by atoms with Crippen molar-refractivity contribution in [1.29, 1.82) is 0 Å². The molecule has 0 N–H and O–H groups in total. The number of rotatable bonds is 1. The molecule has 0 aliphatic rings. The molecule has 0 heterocycles. The Kier molecular flexibility index (Phi) is 3.24. The Hall–Kier alpha value is -0.650. The first-order chi connectivity index (χ1) is 6.04. The molecule has 70 valence electrons. The summed E-state index contributed by atoms with van der Waals surface area (Å²) in [5.41, 5.74) is 0.408. The summed E-state index contributed by atoms with van der Waals surface area (Å²) in [5.74, 6) is -0.530. The van der Waals surface area contributed by atoms with Crippen molar-refractivity contribution in [2.75, 3.05) is 14.1 Å². The second-order valence-electron chi connectivity index (χ2n) is 2.80. The number of nitrogens with zero attached hydrogens (tertiary/aromatic N) is 1. The fourth-order valence-electron chi connectivity index (χ4n) is 0.910. The van der Waals surface area contributed by atoms with Crippen molar-refractivity contribution in [3.8, 4) is 0 Å². The van der Waals surface area contributed by atoms with Crippen LogP contribution in [0.4, 0.5) is 4.39 Å². The predicted octanol–water partition coefficient (Wildman–Crippen LogP) is 2.13. The number of hydrogen-bond donors (Lipinski definition) is 0. The lowest BCUT2D eigenvalue weighted by atomic mass is 10.2. The third-order valence-electron chi connectivity index (χ3n) is 1.59. The van der Waals surface area contributed by atoms with Gasteiger partial charge in [0.25, 0.3) is 5.91 Å². The summed E-state index contributed by atoms with van der Waals surface area (Å²) < 4.78 is 13.4.